The van der Waals surface area contributed by atoms with Crippen molar-refractivity contribution in [3.05, 3.63) is 71.7 Å². The topological polar surface area (TPSA) is 127 Å². The molecule has 0 spiro atoms. The van der Waals surface area contributed by atoms with Crippen molar-refractivity contribution in [2.24, 2.45) is 0 Å². The minimum absolute atomic E-state index is 0. The van der Waals surface area contributed by atoms with Crippen molar-refractivity contribution in [1.82, 2.24) is 29.8 Å². The Hall–Kier alpha value is -4.19. The van der Waals surface area contributed by atoms with Crippen LogP contribution in [0.3, 0.4) is 0 Å². The van der Waals surface area contributed by atoms with Gasteiger partial charge in [0.05, 0.1) is 24.2 Å². The largest absolute Gasteiger partial charge is 0.461 e. The van der Waals surface area contributed by atoms with Gasteiger partial charge in [-0.2, -0.15) is 13.5 Å². The van der Waals surface area contributed by atoms with Crippen LogP contribution >= 0.6 is 13.5 Å². The number of amides is 1. The van der Waals surface area contributed by atoms with Gasteiger partial charge in [-0.25, -0.2) is 19.7 Å². The fourth-order valence-electron chi connectivity index (χ4n) is 4.66. The first-order chi connectivity index (χ1) is 18.5. The molecule has 0 bridgehead atoms. The summed E-state index contributed by atoms with van der Waals surface area (Å²) in [5.74, 6) is 1.85. The summed E-state index contributed by atoms with van der Waals surface area (Å²) in [5, 5.41) is 6.94. The second-order valence-electron chi connectivity index (χ2n) is 9.10. The number of para-hydroxylation sites is 1. The Morgan fingerprint density at radius 3 is 2.79 bits per heavy atom. The molecule has 0 aliphatic carbocycles. The number of hydrogen-bond acceptors (Lipinski definition) is 9. The molecule has 1 aliphatic rings. The van der Waals surface area contributed by atoms with Gasteiger partial charge in [0, 0.05) is 56.4 Å². The molecule has 204 valence electrons. The molecule has 4 aromatic rings. The lowest BCUT2D eigenvalue weighted by atomic mass is 9.96. The Labute approximate surface area is 233 Å². The molecule has 12 heteroatoms. The van der Waals surface area contributed by atoms with Gasteiger partial charge in [-0.15, -0.1) is 0 Å². The maximum Gasteiger partial charge on any atom is 0.358 e. The summed E-state index contributed by atoms with van der Waals surface area (Å²) in [6.07, 6.45) is 4.97. The van der Waals surface area contributed by atoms with Crippen LogP contribution in [0.5, 0.6) is 0 Å². The van der Waals surface area contributed by atoms with Gasteiger partial charge < -0.3 is 24.8 Å². The van der Waals surface area contributed by atoms with E-state index in [4.69, 9.17) is 4.74 Å². The summed E-state index contributed by atoms with van der Waals surface area (Å²) >= 11 is 0. The highest BCUT2D eigenvalue weighted by molar-refractivity contribution is 7.59. The number of fused-ring (bicyclic) bond motifs is 2. The van der Waals surface area contributed by atoms with Crippen LogP contribution in [-0.4, -0.2) is 63.1 Å². The summed E-state index contributed by atoms with van der Waals surface area (Å²) < 4.78 is 7.06. The van der Waals surface area contributed by atoms with Gasteiger partial charge in [0.2, 0.25) is 0 Å². The molecule has 5 rings (SSSR count). The summed E-state index contributed by atoms with van der Waals surface area (Å²) in [4.78, 5) is 44.4. The lowest BCUT2D eigenvalue weighted by molar-refractivity contribution is 0.0519. The molecule has 0 radical (unpaired) electrons. The molecule has 0 fully saturated rings. The van der Waals surface area contributed by atoms with E-state index in [1.54, 1.807) is 38.8 Å². The van der Waals surface area contributed by atoms with E-state index < -0.39 is 5.97 Å². The highest BCUT2D eigenvalue weighted by atomic mass is 32.1. The number of pyridine rings is 1. The number of benzene rings is 1. The third kappa shape index (κ3) is 5.80. The third-order valence-electron chi connectivity index (χ3n) is 6.66. The van der Waals surface area contributed by atoms with Gasteiger partial charge in [0.15, 0.2) is 5.69 Å². The van der Waals surface area contributed by atoms with E-state index in [-0.39, 0.29) is 25.3 Å². The first-order valence-corrected chi connectivity index (χ1v) is 12.6. The maximum absolute atomic E-state index is 12.3. The molecule has 0 saturated carbocycles. The molecule has 0 unspecified atom stereocenters. The predicted molar refractivity (Wildman–Crippen MR) is 154 cm³/mol. The fraction of sp³-hybridized carbons (Fsp3) is 0.333. The smallest absolute Gasteiger partial charge is 0.358 e. The molecule has 1 atom stereocenters. The number of aromatic nitrogens is 5. The first-order valence-electron chi connectivity index (χ1n) is 12.6. The Morgan fingerprint density at radius 2 is 2.00 bits per heavy atom. The highest BCUT2D eigenvalue weighted by Gasteiger charge is 2.23. The maximum atomic E-state index is 12.3. The quantitative estimate of drug-likeness (QED) is 0.319. The SMILES string of the molecule is CCOC(=O)c1cn2c(n1)CN(c1cc(NC[C@@H](C)c3cccc4c(C(=O)NC)ccnc34)ncn1)CC2.S. The van der Waals surface area contributed by atoms with Crippen molar-refractivity contribution in [2.45, 2.75) is 32.9 Å². The highest BCUT2D eigenvalue weighted by Crippen LogP contribution is 2.27. The normalized spacial score (nSPS) is 13.3. The Morgan fingerprint density at radius 1 is 1.15 bits per heavy atom. The predicted octanol–water partition coefficient (Wildman–Crippen LogP) is 3.11. The van der Waals surface area contributed by atoms with Crippen LogP contribution in [0.15, 0.2) is 49.1 Å². The number of hydrogen-bond donors (Lipinski definition) is 2. The van der Waals surface area contributed by atoms with Crippen LogP contribution in [0, 0.1) is 0 Å². The van der Waals surface area contributed by atoms with Crippen molar-refractivity contribution in [3.8, 4) is 0 Å². The van der Waals surface area contributed by atoms with Crippen LogP contribution in [-0.2, 0) is 17.8 Å². The Balaban J connectivity index is 0.00000353. The molecule has 0 saturated heterocycles. The second kappa shape index (κ2) is 12.1. The van der Waals surface area contributed by atoms with Crippen molar-refractivity contribution in [1.29, 1.82) is 0 Å². The van der Waals surface area contributed by atoms with E-state index in [1.165, 1.54) is 0 Å². The third-order valence-corrected chi connectivity index (χ3v) is 6.66. The van der Waals surface area contributed by atoms with Crippen LogP contribution in [0.1, 0.15) is 52.0 Å². The average molecular weight is 549 g/mol. The Bertz CT molecular complexity index is 1490. The van der Waals surface area contributed by atoms with Crippen LogP contribution in [0.25, 0.3) is 10.9 Å². The van der Waals surface area contributed by atoms with Crippen LogP contribution < -0.4 is 15.5 Å². The molecule has 11 nitrogen and oxygen atoms in total. The summed E-state index contributed by atoms with van der Waals surface area (Å²) in [6, 6.07) is 9.58. The van der Waals surface area contributed by atoms with Gasteiger partial charge in [0.25, 0.3) is 5.91 Å². The van der Waals surface area contributed by atoms with Crippen molar-refractivity contribution < 1.29 is 14.3 Å². The molecule has 1 amide bonds. The number of ether oxygens (including phenoxy) is 1. The number of nitrogens with one attached hydrogen (secondary N) is 2. The van der Waals surface area contributed by atoms with Crippen LogP contribution in [0.2, 0.25) is 0 Å². The second-order valence-corrected chi connectivity index (χ2v) is 9.10. The summed E-state index contributed by atoms with van der Waals surface area (Å²) in [5.41, 5.74) is 2.80. The van der Waals surface area contributed by atoms with Crippen molar-refractivity contribution in [3.63, 3.8) is 0 Å². The standard InChI is InChI=1S/C27H30N8O3.H2S/c1-4-38-27(37)21-14-34-10-11-35(15-24(34)33-21)23-12-22(31-16-32-23)30-13-17(2)18-6-5-7-19-20(26(36)28-3)8-9-29-25(18)19;/h5-9,12,14,16-17H,4,10-11,13,15H2,1-3H3,(H,28,36)(H,30,31,32);1H2/t17-;/m1./s1. The Kier molecular flexibility index (Phi) is 8.65. The molecule has 39 heavy (non-hydrogen) atoms. The molecular weight excluding hydrogens is 516 g/mol. The monoisotopic (exact) mass is 548 g/mol. The number of esters is 1. The number of anilines is 2. The fourth-order valence-corrected chi connectivity index (χ4v) is 4.66. The zero-order valence-electron chi connectivity index (χ0n) is 22.1. The van der Waals surface area contributed by atoms with E-state index in [0.29, 0.717) is 43.3 Å². The van der Waals surface area contributed by atoms with Crippen molar-refractivity contribution in [2.75, 3.05) is 37.0 Å². The van der Waals surface area contributed by atoms with E-state index in [9.17, 15) is 9.59 Å². The first kappa shape index (κ1) is 27.8. The number of carbonyl (C=O) groups excluding carboxylic acids is 2. The minimum Gasteiger partial charge on any atom is -0.461 e. The summed E-state index contributed by atoms with van der Waals surface area (Å²) in [7, 11) is 1.62. The van der Waals surface area contributed by atoms with Crippen molar-refractivity contribution >= 4 is 47.9 Å². The molecular formula is C27H32N8O3S. The van der Waals surface area contributed by atoms with E-state index in [1.807, 2.05) is 28.8 Å². The van der Waals surface area contributed by atoms with Gasteiger partial charge in [-0.3, -0.25) is 9.78 Å². The molecule has 1 aromatic carbocycles. The number of carbonyl (C=O) groups is 2. The number of nitrogens with zero attached hydrogens (tertiary/aromatic N) is 6. The minimum atomic E-state index is -0.408. The van der Waals surface area contributed by atoms with Gasteiger partial charge in [-0.1, -0.05) is 25.1 Å². The van der Waals surface area contributed by atoms with Gasteiger partial charge in [0.1, 0.15) is 23.8 Å². The van der Waals surface area contributed by atoms with E-state index in [0.717, 1.165) is 34.7 Å². The number of rotatable bonds is 8. The van der Waals surface area contributed by atoms with E-state index in [2.05, 4.69) is 42.4 Å². The summed E-state index contributed by atoms with van der Waals surface area (Å²) in [6.45, 7) is 6.78. The molecule has 2 N–H and O–H groups in total. The van der Waals surface area contributed by atoms with Gasteiger partial charge >= 0.3 is 5.97 Å². The van der Waals surface area contributed by atoms with Gasteiger partial charge in [-0.05, 0) is 18.6 Å². The average Bonchev–Trinajstić information content (AvgIpc) is 3.39. The lowest BCUT2D eigenvalue weighted by Crippen LogP contribution is -2.34. The molecule has 3 aromatic heterocycles. The molecule has 1 aliphatic heterocycles. The number of imidazole rings is 1. The lowest BCUT2D eigenvalue weighted by Gasteiger charge is -2.28. The zero-order chi connectivity index (χ0) is 26.6. The zero-order valence-corrected chi connectivity index (χ0v) is 23.1. The van der Waals surface area contributed by atoms with E-state index >= 15 is 0 Å². The molecule has 4 heterocycles. The van der Waals surface area contributed by atoms with Crippen LogP contribution in [0.4, 0.5) is 11.6 Å².